The summed E-state index contributed by atoms with van der Waals surface area (Å²) >= 11 is 14.9. The van der Waals surface area contributed by atoms with Gasteiger partial charge in [0, 0.05) is 41.0 Å². The Balaban J connectivity index is 1.35. The van der Waals surface area contributed by atoms with Crippen LogP contribution in [0.15, 0.2) is 60.7 Å². The fraction of sp³-hybridized carbons (Fsp3) is 0.259. The third-order valence-electron chi connectivity index (χ3n) is 5.86. The van der Waals surface area contributed by atoms with E-state index in [-0.39, 0.29) is 11.8 Å². The first-order valence-corrected chi connectivity index (χ1v) is 13.5. The number of halogens is 3. The number of piperazine rings is 1. The van der Waals surface area contributed by atoms with E-state index in [2.05, 4.69) is 39.7 Å². The molecule has 4 rings (SSSR count). The molecule has 6 nitrogen and oxygen atoms in total. The third kappa shape index (κ3) is 6.44. The molecule has 0 unspecified atom stereocenters. The maximum Gasteiger partial charge on any atom is 0.257 e. The van der Waals surface area contributed by atoms with E-state index in [0.29, 0.717) is 59.6 Å². The maximum absolute atomic E-state index is 12.9. The summed E-state index contributed by atoms with van der Waals surface area (Å²) in [6, 6.07) is 18.0. The molecular formula is C27H26Cl2IN3O3. The number of carbonyl (C=O) groups is 2. The summed E-state index contributed by atoms with van der Waals surface area (Å²) in [6.45, 7) is 5.21. The summed E-state index contributed by atoms with van der Waals surface area (Å²) < 4.78 is 6.52. The highest BCUT2D eigenvalue weighted by atomic mass is 127. The van der Waals surface area contributed by atoms with Crippen molar-refractivity contribution in [2.75, 3.05) is 43.0 Å². The van der Waals surface area contributed by atoms with Crippen LogP contribution < -0.4 is 15.0 Å². The maximum atomic E-state index is 12.9. The highest BCUT2D eigenvalue weighted by Crippen LogP contribution is 2.30. The summed E-state index contributed by atoms with van der Waals surface area (Å²) in [5, 5.41) is 3.78. The van der Waals surface area contributed by atoms with Crippen LogP contribution in [0.5, 0.6) is 5.75 Å². The standard InChI is InChI=1S/C27H26Cl2IN3O3/c1-2-15-36-21-7-3-18(4-8-21)27(35)33-13-11-32(12-14-33)25-10-6-20(17-24(25)29)31-26(34)22-16-19(30)5-9-23(22)28/h3-10,16-17H,2,11-15H2,1H3,(H,31,34). The van der Waals surface area contributed by atoms with Gasteiger partial charge in [0.15, 0.2) is 0 Å². The van der Waals surface area contributed by atoms with Crippen molar-refractivity contribution in [3.63, 3.8) is 0 Å². The molecule has 3 aromatic carbocycles. The topological polar surface area (TPSA) is 61.9 Å². The lowest BCUT2D eigenvalue weighted by molar-refractivity contribution is 0.0746. The Morgan fingerprint density at radius 1 is 0.944 bits per heavy atom. The van der Waals surface area contributed by atoms with Crippen LogP contribution in [0.1, 0.15) is 34.1 Å². The molecule has 0 atom stereocenters. The Bertz CT molecular complexity index is 1250. The molecule has 1 N–H and O–H groups in total. The van der Waals surface area contributed by atoms with Gasteiger partial charge in [0.1, 0.15) is 5.75 Å². The van der Waals surface area contributed by atoms with Crippen molar-refractivity contribution in [1.29, 1.82) is 0 Å². The number of hydrogen-bond donors (Lipinski definition) is 1. The number of amides is 2. The van der Waals surface area contributed by atoms with Gasteiger partial charge in [0.25, 0.3) is 11.8 Å². The lowest BCUT2D eigenvalue weighted by atomic mass is 10.1. The van der Waals surface area contributed by atoms with Gasteiger partial charge in [-0.3, -0.25) is 9.59 Å². The van der Waals surface area contributed by atoms with Crippen LogP contribution in [0, 0.1) is 3.57 Å². The number of nitrogens with zero attached hydrogens (tertiary/aromatic N) is 2. The average molecular weight is 638 g/mol. The molecule has 0 aromatic heterocycles. The van der Waals surface area contributed by atoms with Crippen LogP contribution in [-0.2, 0) is 0 Å². The Hall–Kier alpha value is -2.49. The molecule has 0 saturated carbocycles. The number of rotatable bonds is 7. The summed E-state index contributed by atoms with van der Waals surface area (Å²) in [5.41, 5.74) is 2.52. The van der Waals surface area contributed by atoms with Gasteiger partial charge in [-0.25, -0.2) is 0 Å². The van der Waals surface area contributed by atoms with Crippen LogP contribution >= 0.6 is 45.8 Å². The molecular weight excluding hydrogens is 612 g/mol. The molecule has 1 aliphatic rings. The number of hydrogen-bond acceptors (Lipinski definition) is 4. The van der Waals surface area contributed by atoms with E-state index < -0.39 is 0 Å². The normalized spacial score (nSPS) is 13.4. The largest absolute Gasteiger partial charge is 0.494 e. The van der Waals surface area contributed by atoms with E-state index in [1.54, 1.807) is 18.2 Å². The van der Waals surface area contributed by atoms with Crippen LogP contribution in [0.2, 0.25) is 10.0 Å². The molecule has 188 valence electrons. The van der Waals surface area contributed by atoms with Gasteiger partial charge in [-0.1, -0.05) is 30.1 Å². The van der Waals surface area contributed by atoms with Crippen molar-refractivity contribution in [3.8, 4) is 5.75 Å². The first-order chi connectivity index (χ1) is 17.4. The van der Waals surface area contributed by atoms with E-state index in [4.69, 9.17) is 27.9 Å². The first-order valence-electron chi connectivity index (χ1n) is 11.7. The highest BCUT2D eigenvalue weighted by Gasteiger charge is 2.24. The highest BCUT2D eigenvalue weighted by molar-refractivity contribution is 14.1. The zero-order chi connectivity index (χ0) is 25.7. The molecule has 0 spiro atoms. The molecule has 0 bridgehead atoms. The minimum atomic E-state index is -0.292. The van der Waals surface area contributed by atoms with E-state index in [0.717, 1.165) is 21.4 Å². The molecule has 1 saturated heterocycles. The lowest BCUT2D eigenvalue weighted by Gasteiger charge is -2.36. The Morgan fingerprint density at radius 3 is 2.33 bits per heavy atom. The van der Waals surface area contributed by atoms with Crippen molar-refractivity contribution in [2.45, 2.75) is 13.3 Å². The van der Waals surface area contributed by atoms with E-state index in [9.17, 15) is 9.59 Å². The van der Waals surface area contributed by atoms with Crippen molar-refractivity contribution in [3.05, 3.63) is 85.4 Å². The van der Waals surface area contributed by atoms with Gasteiger partial charge < -0.3 is 19.9 Å². The number of nitrogens with one attached hydrogen (secondary N) is 1. The molecule has 9 heteroatoms. The van der Waals surface area contributed by atoms with Crippen molar-refractivity contribution < 1.29 is 14.3 Å². The third-order valence-corrected chi connectivity index (χ3v) is 7.16. The van der Waals surface area contributed by atoms with E-state index in [1.165, 1.54) is 0 Å². The van der Waals surface area contributed by atoms with Gasteiger partial charge in [0.05, 0.1) is 27.9 Å². The van der Waals surface area contributed by atoms with Gasteiger partial charge in [-0.2, -0.15) is 0 Å². The summed E-state index contributed by atoms with van der Waals surface area (Å²) in [4.78, 5) is 29.6. The SMILES string of the molecule is CCCOc1ccc(C(=O)N2CCN(c3ccc(NC(=O)c4cc(I)ccc4Cl)cc3Cl)CC2)cc1. The molecule has 1 aliphatic heterocycles. The molecule has 1 heterocycles. The fourth-order valence-electron chi connectivity index (χ4n) is 3.96. The van der Waals surface area contributed by atoms with E-state index in [1.807, 2.05) is 47.4 Å². The lowest BCUT2D eigenvalue weighted by Crippen LogP contribution is -2.48. The molecule has 2 amide bonds. The zero-order valence-electron chi connectivity index (χ0n) is 19.8. The minimum absolute atomic E-state index is 0.00934. The molecule has 0 aliphatic carbocycles. The van der Waals surface area contributed by atoms with Crippen LogP contribution in [0.25, 0.3) is 0 Å². The second-order valence-corrected chi connectivity index (χ2v) is 10.5. The minimum Gasteiger partial charge on any atom is -0.494 e. The number of benzene rings is 3. The number of carbonyl (C=O) groups excluding carboxylic acids is 2. The Kier molecular flexibility index (Phi) is 8.98. The van der Waals surface area contributed by atoms with Crippen LogP contribution in [0.4, 0.5) is 11.4 Å². The molecule has 0 radical (unpaired) electrons. The summed E-state index contributed by atoms with van der Waals surface area (Å²) in [5.74, 6) is 0.489. The Morgan fingerprint density at radius 2 is 1.67 bits per heavy atom. The summed E-state index contributed by atoms with van der Waals surface area (Å²) in [7, 11) is 0. The van der Waals surface area contributed by atoms with Crippen molar-refractivity contribution >= 4 is 69.0 Å². The predicted molar refractivity (Wildman–Crippen MR) is 154 cm³/mol. The van der Waals surface area contributed by atoms with E-state index >= 15 is 0 Å². The number of anilines is 2. The molecule has 1 fully saturated rings. The van der Waals surface area contributed by atoms with Crippen LogP contribution in [-0.4, -0.2) is 49.5 Å². The van der Waals surface area contributed by atoms with Gasteiger partial charge in [0.2, 0.25) is 0 Å². The quantitative estimate of drug-likeness (QED) is 0.297. The van der Waals surface area contributed by atoms with Crippen molar-refractivity contribution in [2.24, 2.45) is 0 Å². The van der Waals surface area contributed by atoms with Gasteiger partial charge in [-0.05, 0) is 89.7 Å². The Labute approximate surface area is 234 Å². The van der Waals surface area contributed by atoms with Gasteiger partial charge >= 0.3 is 0 Å². The number of ether oxygens (including phenoxy) is 1. The second kappa shape index (κ2) is 12.2. The van der Waals surface area contributed by atoms with Gasteiger partial charge in [-0.15, -0.1) is 0 Å². The monoisotopic (exact) mass is 637 g/mol. The predicted octanol–water partition coefficient (Wildman–Crippen LogP) is 6.60. The van der Waals surface area contributed by atoms with Crippen LogP contribution in [0.3, 0.4) is 0 Å². The summed E-state index contributed by atoms with van der Waals surface area (Å²) in [6.07, 6.45) is 0.939. The second-order valence-electron chi connectivity index (χ2n) is 8.40. The fourth-order valence-corrected chi connectivity index (χ4v) is 4.95. The first kappa shape index (κ1) is 26.6. The zero-order valence-corrected chi connectivity index (χ0v) is 23.4. The molecule has 3 aromatic rings. The van der Waals surface area contributed by atoms with Crippen molar-refractivity contribution in [1.82, 2.24) is 4.90 Å². The average Bonchev–Trinajstić information content (AvgIpc) is 2.89. The smallest absolute Gasteiger partial charge is 0.257 e. The molecule has 36 heavy (non-hydrogen) atoms.